The average molecular weight is 260 g/mol. The van der Waals surface area contributed by atoms with Gasteiger partial charge in [0.25, 0.3) is 0 Å². The van der Waals surface area contributed by atoms with Crippen molar-refractivity contribution >= 4 is 5.97 Å². The molecule has 0 aliphatic carbocycles. The summed E-state index contributed by atoms with van der Waals surface area (Å²) in [6.07, 6.45) is 1.60. The Labute approximate surface area is 111 Å². The van der Waals surface area contributed by atoms with Gasteiger partial charge in [0.05, 0.1) is 18.7 Å². The molecule has 0 aromatic carbocycles. The van der Waals surface area contributed by atoms with E-state index < -0.39 is 0 Å². The van der Waals surface area contributed by atoms with Crippen molar-refractivity contribution in [3.63, 3.8) is 0 Å². The smallest absolute Gasteiger partial charge is 0.312 e. The lowest BCUT2D eigenvalue weighted by atomic mass is 9.99. The molecular weight excluding hydrogens is 244 g/mol. The molecule has 2 heterocycles. The predicted octanol–water partition coefficient (Wildman–Crippen LogP) is 1.56. The molecule has 0 bridgehead atoms. The van der Waals surface area contributed by atoms with Gasteiger partial charge >= 0.3 is 5.97 Å². The number of carbonyl (C=O) groups excluding carboxylic acids is 1. The molecule has 0 amide bonds. The van der Waals surface area contributed by atoms with E-state index in [9.17, 15) is 4.79 Å². The third-order valence-corrected chi connectivity index (χ3v) is 3.11. The number of hydrogen-bond acceptors (Lipinski definition) is 5. The number of aromatic nitrogens is 4. The Bertz CT molecular complexity index is 592. The van der Waals surface area contributed by atoms with E-state index in [1.54, 1.807) is 16.9 Å². The van der Waals surface area contributed by atoms with Gasteiger partial charge in [-0.3, -0.25) is 4.79 Å². The molecule has 0 radical (unpaired) electrons. The topological polar surface area (TPSA) is 69.9 Å². The molecule has 2 aromatic heterocycles. The van der Waals surface area contributed by atoms with Crippen LogP contribution in [0.1, 0.15) is 29.8 Å². The highest BCUT2D eigenvalue weighted by atomic mass is 16.5. The van der Waals surface area contributed by atoms with Crippen LogP contribution in [-0.2, 0) is 9.53 Å². The summed E-state index contributed by atoms with van der Waals surface area (Å²) in [5.41, 5.74) is 2.54. The molecule has 0 aliphatic heterocycles. The minimum absolute atomic E-state index is 0.273. The third kappa shape index (κ3) is 2.33. The maximum atomic E-state index is 11.7. The lowest BCUT2D eigenvalue weighted by Gasteiger charge is -2.10. The van der Waals surface area contributed by atoms with E-state index in [0.29, 0.717) is 5.82 Å². The summed E-state index contributed by atoms with van der Waals surface area (Å²) < 4.78 is 6.48. The van der Waals surface area contributed by atoms with Crippen LogP contribution in [-0.4, -0.2) is 33.1 Å². The summed E-state index contributed by atoms with van der Waals surface area (Å²) in [4.78, 5) is 11.7. The Morgan fingerprint density at radius 2 is 2.16 bits per heavy atom. The molecule has 6 heteroatoms. The number of rotatable bonds is 3. The second kappa shape index (κ2) is 5.17. The molecule has 6 nitrogen and oxygen atoms in total. The lowest BCUT2D eigenvalue weighted by Crippen LogP contribution is -2.12. The van der Waals surface area contributed by atoms with Crippen LogP contribution >= 0.6 is 0 Å². The first-order valence-electron chi connectivity index (χ1n) is 5.98. The molecule has 100 valence electrons. The SMILES string of the molecule is COC(=O)C(C)c1c(C)nn(-c2cccnn2)c1C. The molecule has 1 atom stereocenters. The highest BCUT2D eigenvalue weighted by Crippen LogP contribution is 2.25. The second-order valence-corrected chi connectivity index (χ2v) is 4.32. The Morgan fingerprint density at radius 3 is 2.74 bits per heavy atom. The number of aryl methyl sites for hydroxylation is 1. The molecule has 1 unspecified atom stereocenters. The molecule has 0 N–H and O–H groups in total. The van der Waals surface area contributed by atoms with E-state index in [0.717, 1.165) is 17.0 Å². The van der Waals surface area contributed by atoms with Gasteiger partial charge in [-0.25, -0.2) is 4.68 Å². The number of hydrogen-bond donors (Lipinski definition) is 0. The van der Waals surface area contributed by atoms with Crippen molar-refractivity contribution in [2.75, 3.05) is 7.11 Å². The van der Waals surface area contributed by atoms with Gasteiger partial charge in [-0.1, -0.05) is 0 Å². The van der Waals surface area contributed by atoms with Crippen LogP contribution < -0.4 is 0 Å². The highest BCUT2D eigenvalue weighted by molar-refractivity contribution is 5.78. The van der Waals surface area contributed by atoms with Crippen LogP contribution in [0.5, 0.6) is 0 Å². The molecule has 0 spiro atoms. The zero-order valence-electron chi connectivity index (χ0n) is 11.4. The summed E-state index contributed by atoms with van der Waals surface area (Å²) in [6, 6.07) is 3.61. The largest absolute Gasteiger partial charge is 0.469 e. The summed E-state index contributed by atoms with van der Waals surface area (Å²) in [5.74, 6) is 0.00623. The molecule has 19 heavy (non-hydrogen) atoms. The molecule has 0 aliphatic rings. The Hall–Kier alpha value is -2.24. The van der Waals surface area contributed by atoms with E-state index in [1.165, 1.54) is 7.11 Å². The van der Waals surface area contributed by atoms with Crippen molar-refractivity contribution in [2.45, 2.75) is 26.7 Å². The van der Waals surface area contributed by atoms with Gasteiger partial charge in [0.15, 0.2) is 5.82 Å². The van der Waals surface area contributed by atoms with Crippen LogP contribution in [0.4, 0.5) is 0 Å². The van der Waals surface area contributed by atoms with Crippen LogP contribution in [0.2, 0.25) is 0 Å². The van der Waals surface area contributed by atoms with Crippen LogP contribution in [0.3, 0.4) is 0 Å². The van der Waals surface area contributed by atoms with E-state index in [4.69, 9.17) is 4.74 Å². The third-order valence-electron chi connectivity index (χ3n) is 3.11. The fourth-order valence-corrected chi connectivity index (χ4v) is 2.21. The van der Waals surface area contributed by atoms with Crippen molar-refractivity contribution in [1.29, 1.82) is 0 Å². The molecular formula is C13H16N4O2. The Morgan fingerprint density at radius 1 is 1.42 bits per heavy atom. The van der Waals surface area contributed by atoms with E-state index >= 15 is 0 Å². The summed E-state index contributed by atoms with van der Waals surface area (Å²) in [6.45, 7) is 5.59. The molecule has 0 saturated carbocycles. The van der Waals surface area contributed by atoms with Gasteiger partial charge in [0.1, 0.15) is 0 Å². The zero-order chi connectivity index (χ0) is 14.0. The molecule has 0 fully saturated rings. The molecule has 2 rings (SSSR count). The number of methoxy groups -OCH3 is 1. The van der Waals surface area contributed by atoms with Crippen LogP contribution in [0, 0.1) is 13.8 Å². The molecule has 2 aromatic rings. The number of ether oxygens (including phenoxy) is 1. The van der Waals surface area contributed by atoms with Gasteiger partial charge in [-0.2, -0.15) is 10.2 Å². The maximum absolute atomic E-state index is 11.7. The van der Waals surface area contributed by atoms with E-state index in [1.807, 2.05) is 26.8 Å². The average Bonchev–Trinajstić information content (AvgIpc) is 2.73. The standard InChI is InChI=1S/C13H16N4O2/c1-8(13(18)19-4)12-9(2)16-17(10(12)3)11-6-5-7-14-15-11/h5-8H,1-4H3. The van der Waals surface area contributed by atoms with Crippen molar-refractivity contribution in [3.8, 4) is 5.82 Å². The normalized spacial score (nSPS) is 12.2. The highest BCUT2D eigenvalue weighted by Gasteiger charge is 2.24. The van der Waals surface area contributed by atoms with Crippen molar-refractivity contribution < 1.29 is 9.53 Å². The maximum Gasteiger partial charge on any atom is 0.312 e. The van der Waals surface area contributed by atoms with Gasteiger partial charge in [-0.05, 0) is 32.9 Å². The number of nitrogens with zero attached hydrogens (tertiary/aromatic N) is 4. The van der Waals surface area contributed by atoms with Crippen molar-refractivity contribution in [2.24, 2.45) is 0 Å². The zero-order valence-corrected chi connectivity index (χ0v) is 11.4. The lowest BCUT2D eigenvalue weighted by molar-refractivity contribution is -0.142. The van der Waals surface area contributed by atoms with E-state index in [-0.39, 0.29) is 11.9 Å². The summed E-state index contributed by atoms with van der Waals surface area (Å²) in [5, 5.41) is 12.3. The Kier molecular flexibility index (Phi) is 3.59. The van der Waals surface area contributed by atoms with Crippen LogP contribution in [0.15, 0.2) is 18.3 Å². The predicted molar refractivity (Wildman–Crippen MR) is 69.1 cm³/mol. The fourth-order valence-electron chi connectivity index (χ4n) is 2.21. The summed E-state index contributed by atoms with van der Waals surface area (Å²) in [7, 11) is 1.39. The first kappa shape index (κ1) is 13.2. The quantitative estimate of drug-likeness (QED) is 0.783. The van der Waals surface area contributed by atoms with Gasteiger partial charge in [-0.15, -0.1) is 5.10 Å². The van der Waals surface area contributed by atoms with E-state index in [2.05, 4.69) is 15.3 Å². The van der Waals surface area contributed by atoms with Crippen molar-refractivity contribution in [3.05, 3.63) is 35.3 Å². The molecule has 0 saturated heterocycles. The van der Waals surface area contributed by atoms with Crippen LogP contribution in [0.25, 0.3) is 5.82 Å². The Balaban J connectivity index is 2.49. The number of esters is 1. The van der Waals surface area contributed by atoms with Gasteiger partial charge in [0, 0.05) is 17.5 Å². The first-order valence-corrected chi connectivity index (χ1v) is 5.98. The second-order valence-electron chi connectivity index (χ2n) is 4.32. The minimum Gasteiger partial charge on any atom is -0.469 e. The first-order chi connectivity index (χ1) is 9.06. The number of carbonyl (C=O) groups is 1. The minimum atomic E-state index is -0.351. The van der Waals surface area contributed by atoms with Gasteiger partial charge < -0.3 is 4.74 Å². The van der Waals surface area contributed by atoms with Gasteiger partial charge in [0.2, 0.25) is 0 Å². The van der Waals surface area contributed by atoms with Crippen molar-refractivity contribution in [1.82, 2.24) is 20.0 Å². The fraction of sp³-hybridized carbons (Fsp3) is 0.385. The monoisotopic (exact) mass is 260 g/mol. The summed E-state index contributed by atoms with van der Waals surface area (Å²) >= 11 is 0.